The standard InChI is InChI=1S/C13H18IN/c14-9-13-7-4-8-15(11-13)10-12-5-2-1-3-6-12/h1-3,5-6,13H,4,7-11H2/t13-/m0/s1. The van der Waals surface area contributed by atoms with Crippen LogP contribution in [0.4, 0.5) is 0 Å². The Hall–Kier alpha value is -0.0900. The van der Waals surface area contributed by atoms with Crippen molar-refractivity contribution in [2.75, 3.05) is 17.5 Å². The smallest absolute Gasteiger partial charge is 0.0233 e. The van der Waals surface area contributed by atoms with Gasteiger partial charge in [-0.2, -0.15) is 0 Å². The molecule has 2 heteroatoms. The molecule has 1 atom stereocenters. The van der Waals surface area contributed by atoms with Crippen molar-refractivity contribution in [3.63, 3.8) is 0 Å². The zero-order valence-corrected chi connectivity index (χ0v) is 11.2. The van der Waals surface area contributed by atoms with Crippen molar-refractivity contribution in [1.29, 1.82) is 0 Å². The molecule has 82 valence electrons. The van der Waals surface area contributed by atoms with Crippen molar-refractivity contribution >= 4 is 22.6 Å². The first-order valence-corrected chi connectivity index (χ1v) is 7.23. The molecule has 1 fully saturated rings. The molecule has 0 amide bonds. The molecule has 1 aromatic rings. The first-order chi connectivity index (χ1) is 7.38. The van der Waals surface area contributed by atoms with Crippen molar-refractivity contribution < 1.29 is 0 Å². The number of hydrogen-bond donors (Lipinski definition) is 0. The summed E-state index contributed by atoms with van der Waals surface area (Å²) in [6, 6.07) is 10.8. The van der Waals surface area contributed by atoms with Crippen LogP contribution in [0.1, 0.15) is 18.4 Å². The third-order valence-corrected chi connectivity index (χ3v) is 4.32. The van der Waals surface area contributed by atoms with Gasteiger partial charge in [0.25, 0.3) is 0 Å². The molecular weight excluding hydrogens is 297 g/mol. The van der Waals surface area contributed by atoms with Gasteiger partial charge in [-0.3, -0.25) is 4.90 Å². The predicted octanol–water partition coefficient (Wildman–Crippen LogP) is 3.33. The number of nitrogens with zero attached hydrogens (tertiary/aromatic N) is 1. The van der Waals surface area contributed by atoms with Gasteiger partial charge in [-0.1, -0.05) is 52.9 Å². The van der Waals surface area contributed by atoms with E-state index in [0.717, 1.165) is 12.5 Å². The lowest BCUT2D eigenvalue weighted by Gasteiger charge is -2.31. The van der Waals surface area contributed by atoms with Crippen molar-refractivity contribution in [2.45, 2.75) is 19.4 Å². The van der Waals surface area contributed by atoms with Crippen LogP contribution in [-0.4, -0.2) is 22.4 Å². The summed E-state index contributed by atoms with van der Waals surface area (Å²) in [4.78, 5) is 2.60. The lowest BCUT2D eigenvalue weighted by molar-refractivity contribution is 0.180. The Kier molecular flexibility index (Phi) is 4.44. The summed E-state index contributed by atoms with van der Waals surface area (Å²) in [5.74, 6) is 0.920. The Morgan fingerprint density at radius 3 is 2.80 bits per heavy atom. The Bertz CT molecular complexity index is 286. The molecule has 0 spiro atoms. The lowest BCUT2D eigenvalue weighted by Crippen LogP contribution is -2.35. The minimum atomic E-state index is 0.920. The third-order valence-electron chi connectivity index (χ3n) is 3.07. The maximum absolute atomic E-state index is 2.60. The minimum absolute atomic E-state index is 0.920. The SMILES string of the molecule is IC[C@@H]1CCCN(Cc2ccccc2)C1. The van der Waals surface area contributed by atoms with E-state index in [-0.39, 0.29) is 0 Å². The van der Waals surface area contributed by atoms with E-state index in [9.17, 15) is 0 Å². The topological polar surface area (TPSA) is 3.24 Å². The average molecular weight is 315 g/mol. The summed E-state index contributed by atoms with van der Waals surface area (Å²) >= 11 is 2.52. The Morgan fingerprint density at radius 2 is 2.07 bits per heavy atom. The van der Waals surface area contributed by atoms with Gasteiger partial charge in [-0.15, -0.1) is 0 Å². The summed E-state index contributed by atoms with van der Waals surface area (Å²) in [6.45, 7) is 3.70. The molecule has 15 heavy (non-hydrogen) atoms. The Morgan fingerprint density at radius 1 is 1.27 bits per heavy atom. The van der Waals surface area contributed by atoms with Gasteiger partial charge >= 0.3 is 0 Å². The van der Waals surface area contributed by atoms with Gasteiger partial charge < -0.3 is 0 Å². The van der Waals surface area contributed by atoms with Gasteiger partial charge in [0, 0.05) is 17.5 Å². The van der Waals surface area contributed by atoms with E-state index < -0.39 is 0 Å². The monoisotopic (exact) mass is 315 g/mol. The minimum Gasteiger partial charge on any atom is -0.299 e. The Labute approximate surface area is 106 Å². The first-order valence-electron chi connectivity index (χ1n) is 5.70. The second-order valence-corrected chi connectivity index (χ2v) is 5.26. The largest absolute Gasteiger partial charge is 0.299 e. The maximum Gasteiger partial charge on any atom is 0.0233 e. The highest BCUT2D eigenvalue weighted by Crippen LogP contribution is 2.20. The molecule has 1 nitrogen and oxygen atoms in total. The summed E-state index contributed by atoms with van der Waals surface area (Å²) in [5, 5.41) is 0. The van der Waals surface area contributed by atoms with Crippen LogP contribution < -0.4 is 0 Å². The lowest BCUT2D eigenvalue weighted by atomic mass is 10.00. The highest BCUT2D eigenvalue weighted by molar-refractivity contribution is 14.1. The first kappa shape index (κ1) is 11.4. The predicted molar refractivity (Wildman–Crippen MR) is 73.3 cm³/mol. The van der Waals surface area contributed by atoms with Gasteiger partial charge in [0.2, 0.25) is 0 Å². The van der Waals surface area contributed by atoms with Gasteiger partial charge in [0.1, 0.15) is 0 Å². The van der Waals surface area contributed by atoms with Crippen LogP contribution in [0, 0.1) is 5.92 Å². The van der Waals surface area contributed by atoms with E-state index in [2.05, 4.69) is 57.8 Å². The maximum atomic E-state index is 2.60. The summed E-state index contributed by atoms with van der Waals surface area (Å²) in [5.41, 5.74) is 1.45. The molecular formula is C13H18IN. The zero-order valence-electron chi connectivity index (χ0n) is 9.03. The van der Waals surface area contributed by atoms with E-state index in [4.69, 9.17) is 0 Å². The van der Waals surface area contributed by atoms with Gasteiger partial charge in [0.05, 0.1) is 0 Å². The average Bonchev–Trinajstić information content (AvgIpc) is 2.31. The van der Waals surface area contributed by atoms with Crippen LogP contribution in [0.2, 0.25) is 0 Å². The fraction of sp³-hybridized carbons (Fsp3) is 0.538. The highest BCUT2D eigenvalue weighted by atomic mass is 127. The molecule has 0 saturated carbocycles. The van der Waals surface area contributed by atoms with Crippen LogP contribution in [0.5, 0.6) is 0 Å². The molecule has 1 aliphatic heterocycles. The van der Waals surface area contributed by atoms with Gasteiger partial charge in [0.15, 0.2) is 0 Å². The van der Waals surface area contributed by atoms with Crippen molar-refractivity contribution in [2.24, 2.45) is 5.92 Å². The number of benzene rings is 1. The summed E-state index contributed by atoms with van der Waals surface area (Å²) in [6.07, 6.45) is 2.80. The van der Waals surface area contributed by atoms with Gasteiger partial charge in [-0.05, 0) is 30.9 Å². The van der Waals surface area contributed by atoms with Crippen LogP contribution in [0.15, 0.2) is 30.3 Å². The summed E-state index contributed by atoms with van der Waals surface area (Å²) < 4.78 is 1.31. The fourth-order valence-electron chi connectivity index (χ4n) is 2.26. The number of halogens is 1. The number of likely N-dealkylation sites (tertiary alicyclic amines) is 1. The van der Waals surface area contributed by atoms with E-state index in [1.54, 1.807) is 0 Å². The van der Waals surface area contributed by atoms with E-state index in [1.165, 1.54) is 35.9 Å². The highest BCUT2D eigenvalue weighted by Gasteiger charge is 2.18. The fourth-order valence-corrected chi connectivity index (χ4v) is 2.98. The molecule has 1 aromatic carbocycles. The molecule has 1 saturated heterocycles. The van der Waals surface area contributed by atoms with Gasteiger partial charge in [-0.25, -0.2) is 0 Å². The third kappa shape index (κ3) is 3.45. The molecule has 1 heterocycles. The van der Waals surface area contributed by atoms with E-state index in [0.29, 0.717) is 0 Å². The number of hydrogen-bond acceptors (Lipinski definition) is 1. The number of piperidine rings is 1. The second-order valence-electron chi connectivity index (χ2n) is 4.38. The molecule has 0 unspecified atom stereocenters. The van der Waals surface area contributed by atoms with Crippen LogP contribution in [0.25, 0.3) is 0 Å². The van der Waals surface area contributed by atoms with Crippen LogP contribution in [-0.2, 0) is 6.54 Å². The van der Waals surface area contributed by atoms with E-state index in [1.807, 2.05) is 0 Å². The number of alkyl halides is 1. The Balaban J connectivity index is 1.89. The van der Waals surface area contributed by atoms with Crippen LogP contribution in [0.3, 0.4) is 0 Å². The molecule has 2 rings (SSSR count). The van der Waals surface area contributed by atoms with E-state index >= 15 is 0 Å². The molecule has 0 aliphatic carbocycles. The second kappa shape index (κ2) is 5.85. The quantitative estimate of drug-likeness (QED) is 0.611. The van der Waals surface area contributed by atoms with Crippen molar-refractivity contribution in [1.82, 2.24) is 4.90 Å². The molecule has 0 N–H and O–H groups in total. The molecule has 0 radical (unpaired) electrons. The number of rotatable bonds is 3. The van der Waals surface area contributed by atoms with Crippen LogP contribution >= 0.6 is 22.6 Å². The van der Waals surface area contributed by atoms with Crippen molar-refractivity contribution in [3.8, 4) is 0 Å². The molecule has 0 aromatic heterocycles. The molecule has 1 aliphatic rings. The van der Waals surface area contributed by atoms with Crippen molar-refractivity contribution in [3.05, 3.63) is 35.9 Å². The molecule has 0 bridgehead atoms. The summed E-state index contributed by atoms with van der Waals surface area (Å²) in [7, 11) is 0. The normalized spacial score (nSPS) is 22.9. The zero-order chi connectivity index (χ0) is 10.5.